The van der Waals surface area contributed by atoms with Crippen molar-refractivity contribution in [2.45, 2.75) is 0 Å². The molecule has 0 unspecified atom stereocenters. The molecule has 0 spiro atoms. The van der Waals surface area contributed by atoms with Gasteiger partial charge < -0.3 is 9.72 Å². The Hall–Kier alpha value is -2.29. The first-order chi connectivity index (χ1) is 7.92. The van der Waals surface area contributed by atoms with E-state index in [4.69, 9.17) is 4.74 Å². The molecule has 0 fully saturated rings. The van der Waals surface area contributed by atoms with Gasteiger partial charge in [0.1, 0.15) is 5.75 Å². The Balaban J connectivity index is 1.94. The summed E-state index contributed by atoms with van der Waals surface area (Å²) in [5, 5.41) is 0. The number of H-pyrrole nitrogens is 1. The minimum atomic E-state index is 0.610. The standard InChI is InChI=1S/C13H10N2O/c1-2-4-10(5-3-1)16-13-7-6-11-12(15-13)8-9-14-11/h1-9,14H. The highest BCUT2D eigenvalue weighted by Crippen LogP contribution is 2.21. The second-order valence-electron chi connectivity index (χ2n) is 3.48. The van der Waals surface area contributed by atoms with Crippen LogP contribution < -0.4 is 4.74 Å². The molecule has 0 amide bonds. The van der Waals surface area contributed by atoms with Gasteiger partial charge in [0.05, 0.1) is 11.0 Å². The third-order valence-electron chi connectivity index (χ3n) is 2.34. The maximum absolute atomic E-state index is 5.63. The van der Waals surface area contributed by atoms with Crippen LogP contribution in [-0.2, 0) is 0 Å². The highest BCUT2D eigenvalue weighted by atomic mass is 16.5. The van der Waals surface area contributed by atoms with Gasteiger partial charge in [-0.05, 0) is 24.3 Å². The van der Waals surface area contributed by atoms with Crippen molar-refractivity contribution < 1.29 is 4.74 Å². The average molecular weight is 210 g/mol. The molecule has 3 heteroatoms. The van der Waals surface area contributed by atoms with Crippen LogP contribution in [-0.4, -0.2) is 9.97 Å². The number of fused-ring (bicyclic) bond motifs is 1. The highest BCUT2D eigenvalue weighted by Gasteiger charge is 2.00. The van der Waals surface area contributed by atoms with Crippen molar-refractivity contribution in [3.05, 3.63) is 54.7 Å². The van der Waals surface area contributed by atoms with E-state index in [0.29, 0.717) is 5.88 Å². The Bertz CT molecular complexity index is 601. The highest BCUT2D eigenvalue weighted by molar-refractivity contribution is 5.75. The molecule has 2 aromatic heterocycles. The first-order valence-electron chi connectivity index (χ1n) is 5.09. The largest absolute Gasteiger partial charge is 0.439 e. The summed E-state index contributed by atoms with van der Waals surface area (Å²) >= 11 is 0. The van der Waals surface area contributed by atoms with Crippen molar-refractivity contribution in [3.63, 3.8) is 0 Å². The molecule has 0 saturated heterocycles. The van der Waals surface area contributed by atoms with Crippen molar-refractivity contribution >= 4 is 11.0 Å². The first kappa shape index (κ1) is 8.97. The minimum absolute atomic E-state index is 0.610. The van der Waals surface area contributed by atoms with Gasteiger partial charge in [-0.1, -0.05) is 18.2 Å². The van der Waals surface area contributed by atoms with Crippen molar-refractivity contribution in [1.29, 1.82) is 0 Å². The zero-order valence-corrected chi connectivity index (χ0v) is 8.55. The van der Waals surface area contributed by atoms with E-state index in [1.54, 1.807) is 0 Å². The zero-order valence-electron chi connectivity index (χ0n) is 8.55. The summed E-state index contributed by atoms with van der Waals surface area (Å²) in [6.45, 7) is 0. The number of benzene rings is 1. The predicted molar refractivity (Wildman–Crippen MR) is 62.6 cm³/mol. The minimum Gasteiger partial charge on any atom is -0.439 e. The number of para-hydroxylation sites is 1. The van der Waals surface area contributed by atoms with Gasteiger partial charge in [0.25, 0.3) is 0 Å². The van der Waals surface area contributed by atoms with Crippen LogP contribution in [0.1, 0.15) is 0 Å². The molecule has 3 aromatic rings. The normalized spacial score (nSPS) is 10.5. The van der Waals surface area contributed by atoms with Crippen LogP contribution in [0.4, 0.5) is 0 Å². The number of aromatic amines is 1. The molecule has 0 aliphatic carbocycles. The lowest BCUT2D eigenvalue weighted by molar-refractivity contribution is 0.465. The molecule has 0 bridgehead atoms. The maximum atomic E-state index is 5.63. The lowest BCUT2D eigenvalue weighted by Crippen LogP contribution is -1.86. The number of nitrogens with one attached hydrogen (secondary N) is 1. The SMILES string of the molecule is c1ccc(Oc2ccc3[nH]ccc3n2)cc1. The molecule has 0 atom stereocenters. The third-order valence-corrected chi connectivity index (χ3v) is 2.34. The fourth-order valence-electron chi connectivity index (χ4n) is 1.58. The smallest absolute Gasteiger partial charge is 0.219 e. The number of ether oxygens (including phenoxy) is 1. The fraction of sp³-hybridized carbons (Fsp3) is 0. The molecule has 3 nitrogen and oxygen atoms in total. The van der Waals surface area contributed by atoms with Crippen LogP contribution in [0.25, 0.3) is 11.0 Å². The summed E-state index contributed by atoms with van der Waals surface area (Å²) in [5.41, 5.74) is 1.92. The van der Waals surface area contributed by atoms with Crippen molar-refractivity contribution in [2.24, 2.45) is 0 Å². The summed E-state index contributed by atoms with van der Waals surface area (Å²) in [4.78, 5) is 7.47. The van der Waals surface area contributed by atoms with E-state index in [2.05, 4.69) is 9.97 Å². The van der Waals surface area contributed by atoms with E-state index in [-0.39, 0.29) is 0 Å². The van der Waals surface area contributed by atoms with E-state index in [1.807, 2.05) is 54.7 Å². The third kappa shape index (κ3) is 1.63. The number of nitrogens with zero attached hydrogens (tertiary/aromatic N) is 1. The molecular formula is C13H10N2O. The Kier molecular flexibility index (Phi) is 2.07. The van der Waals surface area contributed by atoms with Gasteiger partial charge in [0.2, 0.25) is 5.88 Å². The van der Waals surface area contributed by atoms with E-state index in [1.165, 1.54) is 0 Å². The van der Waals surface area contributed by atoms with Crippen molar-refractivity contribution in [2.75, 3.05) is 0 Å². The topological polar surface area (TPSA) is 37.9 Å². The monoisotopic (exact) mass is 210 g/mol. The Labute approximate surface area is 92.7 Å². The molecule has 16 heavy (non-hydrogen) atoms. The van der Waals surface area contributed by atoms with E-state index < -0.39 is 0 Å². The maximum Gasteiger partial charge on any atom is 0.219 e. The molecule has 2 heterocycles. The number of hydrogen-bond acceptors (Lipinski definition) is 2. The van der Waals surface area contributed by atoms with Gasteiger partial charge in [0, 0.05) is 12.3 Å². The van der Waals surface area contributed by atoms with Gasteiger partial charge in [-0.15, -0.1) is 0 Å². The summed E-state index contributed by atoms with van der Waals surface area (Å²) < 4.78 is 5.63. The van der Waals surface area contributed by atoms with E-state index >= 15 is 0 Å². The molecule has 1 N–H and O–H groups in total. The lowest BCUT2D eigenvalue weighted by atomic mass is 10.3. The predicted octanol–water partition coefficient (Wildman–Crippen LogP) is 3.36. The van der Waals surface area contributed by atoms with Crippen LogP contribution in [0.3, 0.4) is 0 Å². The zero-order chi connectivity index (χ0) is 10.8. The molecule has 0 saturated carbocycles. The molecule has 78 valence electrons. The summed E-state index contributed by atoms with van der Waals surface area (Å²) in [7, 11) is 0. The molecule has 0 aliphatic heterocycles. The fourth-order valence-corrected chi connectivity index (χ4v) is 1.58. The van der Waals surface area contributed by atoms with Crippen molar-refractivity contribution in [1.82, 2.24) is 9.97 Å². The van der Waals surface area contributed by atoms with Crippen LogP contribution in [0, 0.1) is 0 Å². The van der Waals surface area contributed by atoms with Crippen LogP contribution in [0.2, 0.25) is 0 Å². The molecular weight excluding hydrogens is 200 g/mol. The Morgan fingerprint density at radius 2 is 1.81 bits per heavy atom. The van der Waals surface area contributed by atoms with E-state index in [9.17, 15) is 0 Å². The van der Waals surface area contributed by atoms with Crippen molar-refractivity contribution in [3.8, 4) is 11.6 Å². The summed E-state index contributed by atoms with van der Waals surface area (Å²) in [6.07, 6.45) is 1.87. The number of rotatable bonds is 2. The molecule has 0 radical (unpaired) electrons. The number of hydrogen-bond donors (Lipinski definition) is 1. The van der Waals surface area contributed by atoms with Crippen LogP contribution >= 0.6 is 0 Å². The average Bonchev–Trinajstić information content (AvgIpc) is 2.77. The Morgan fingerprint density at radius 1 is 0.938 bits per heavy atom. The summed E-state index contributed by atoms with van der Waals surface area (Å²) in [5.74, 6) is 1.41. The number of aromatic nitrogens is 2. The molecule has 3 rings (SSSR count). The van der Waals surface area contributed by atoms with Crippen LogP contribution in [0.5, 0.6) is 11.6 Å². The van der Waals surface area contributed by atoms with Gasteiger partial charge in [-0.25, -0.2) is 4.98 Å². The Morgan fingerprint density at radius 3 is 2.69 bits per heavy atom. The number of pyridine rings is 1. The summed E-state index contributed by atoms with van der Waals surface area (Å²) in [6, 6.07) is 15.4. The quantitative estimate of drug-likeness (QED) is 0.704. The lowest BCUT2D eigenvalue weighted by Gasteiger charge is -2.03. The van der Waals surface area contributed by atoms with Gasteiger partial charge in [0.15, 0.2) is 0 Å². The molecule has 0 aliphatic rings. The van der Waals surface area contributed by atoms with Gasteiger partial charge in [-0.3, -0.25) is 0 Å². The van der Waals surface area contributed by atoms with Crippen LogP contribution in [0.15, 0.2) is 54.7 Å². The second-order valence-corrected chi connectivity index (χ2v) is 3.48. The molecule has 1 aromatic carbocycles. The van der Waals surface area contributed by atoms with Gasteiger partial charge >= 0.3 is 0 Å². The van der Waals surface area contributed by atoms with E-state index in [0.717, 1.165) is 16.8 Å². The van der Waals surface area contributed by atoms with Gasteiger partial charge in [-0.2, -0.15) is 0 Å². The second kappa shape index (κ2) is 3.70. The first-order valence-corrected chi connectivity index (χ1v) is 5.09.